The van der Waals surface area contributed by atoms with Gasteiger partial charge in [-0.15, -0.1) is 11.3 Å². The minimum atomic E-state index is 0.130. The average molecular weight is 253 g/mol. The zero-order chi connectivity index (χ0) is 11.5. The lowest BCUT2D eigenvalue weighted by Gasteiger charge is -1.97. The molecule has 2 aromatic rings. The number of aryl methyl sites for hydroxylation is 2. The van der Waals surface area contributed by atoms with E-state index in [9.17, 15) is 4.79 Å². The van der Waals surface area contributed by atoms with E-state index in [1.54, 1.807) is 17.5 Å². The summed E-state index contributed by atoms with van der Waals surface area (Å²) in [5.41, 5.74) is 0.821. The monoisotopic (exact) mass is 253 g/mol. The van der Waals surface area contributed by atoms with Gasteiger partial charge in [-0.25, -0.2) is 4.98 Å². The van der Waals surface area contributed by atoms with Crippen molar-refractivity contribution < 1.29 is 9.21 Å². The Morgan fingerprint density at radius 3 is 2.94 bits per heavy atom. The first-order chi connectivity index (χ1) is 7.66. The van der Waals surface area contributed by atoms with E-state index in [0.29, 0.717) is 11.0 Å². The van der Waals surface area contributed by atoms with Crippen molar-refractivity contribution in [1.29, 1.82) is 0 Å². The number of carbonyl (C=O) groups is 1. The van der Waals surface area contributed by atoms with Crippen LogP contribution in [0.1, 0.15) is 20.1 Å². The Kier molecular flexibility index (Phi) is 3.46. The molecule has 0 unspecified atom stereocenters. The summed E-state index contributed by atoms with van der Waals surface area (Å²) in [4.78, 5) is 18.1. The van der Waals surface area contributed by atoms with Crippen LogP contribution in [0, 0.1) is 13.8 Å². The van der Waals surface area contributed by atoms with Gasteiger partial charge in [-0.05, 0) is 19.9 Å². The van der Waals surface area contributed by atoms with Crippen LogP contribution in [0.4, 0.5) is 0 Å². The maximum Gasteiger partial charge on any atom is 0.255 e. The molecule has 0 N–H and O–H groups in total. The SMILES string of the molecule is Cc1cc(C(=O)CSc2ncco2)c(C)s1. The third-order valence-corrected chi connectivity index (χ3v) is 3.90. The lowest BCUT2D eigenvalue weighted by atomic mass is 10.2. The highest BCUT2D eigenvalue weighted by Crippen LogP contribution is 2.23. The molecular weight excluding hydrogens is 242 g/mol. The molecule has 0 aliphatic carbocycles. The van der Waals surface area contributed by atoms with Crippen LogP contribution in [0.2, 0.25) is 0 Å². The van der Waals surface area contributed by atoms with Gasteiger partial charge in [0.2, 0.25) is 0 Å². The number of thioether (sulfide) groups is 1. The lowest BCUT2D eigenvalue weighted by Crippen LogP contribution is -2.02. The molecule has 84 valence electrons. The zero-order valence-corrected chi connectivity index (χ0v) is 10.7. The molecule has 0 atom stereocenters. The van der Waals surface area contributed by atoms with Gasteiger partial charge in [0.25, 0.3) is 5.22 Å². The van der Waals surface area contributed by atoms with Crippen molar-refractivity contribution in [3.05, 3.63) is 33.8 Å². The van der Waals surface area contributed by atoms with E-state index in [1.807, 2.05) is 19.9 Å². The van der Waals surface area contributed by atoms with Gasteiger partial charge in [0.15, 0.2) is 5.78 Å². The molecule has 0 saturated carbocycles. The van der Waals surface area contributed by atoms with Crippen molar-refractivity contribution >= 4 is 28.9 Å². The standard InChI is InChI=1S/C11H11NO2S2/c1-7-5-9(8(2)16-7)10(13)6-15-11-12-3-4-14-11/h3-5H,6H2,1-2H3. The summed E-state index contributed by atoms with van der Waals surface area (Å²) in [7, 11) is 0. The van der Waals surface area contributed by atoms with Crippen LogP contribution in [-0.2, 0) is 0 Å². The summed E-state index contributed by atoms with van der Waals surface area (Å²) in [5.74, 6) is 0.502. The highest BCUT2D eigenvalue weighted by atomic mass is 32.2. The lowest BCUT2D eigenvalue weighted by molar-refractivity contribution is 0.102. The topological polar surface area (TPSA) is 43.1 Å². The number of nitrogens with zero attached hydrogens (tertiary/aromatic N) is 1. The molecule has 16 heavy (non-hydrogen) atoms. The van der Waals surface area contributed by atoms with Crippen LogP contribution in [0.25, 0.3) is 0 Å². The molecular formula is C11H11NO2S2. The highest BCUT2D eigenvalue weighted by molar-refractivity contribution is 7.99. The van der Waals surface area contributed by atoms with E-state index in [1.165, 1.54) is 22.9 Å². The molecule has 0 bridgehead atoms. The van der Waals surface area contributed by atoms with Gasteiger partial charge in [0.05, 0.1) is 11.9 Å². The summed E-state index contributed by atoms with van der Waals surface area (Å²) >= 11 is 2.98. The number of aromatic nitrogens is 1. The van der Waals surface area contributed by atoms with Crippen LogP contribution in [0.3, 0.4) is 0 Å². The summed E-state index contributed by atoms with van der Waals surface area (Å²) in [6.07, 6.45) is 3.08. The molecule has 0 spiro atoms. The van der Waals surface area contributed by atoms with Crippen molar-refractivity contribution in [2.75, 3.05) is 5.75 Å². The van der Waals surface area contributed by atoms with E-state index in [0.717, 1.165) is 10.4 Å². The van der Waals surface area contributed by atoms with E-state index >= 15 is 0 Å². The van der Waals surface area contributed by atoms with Crippen LogP contribution in [-0.4, -0.2) is 16.5 Å². The first kappa shape index (κ1) is 11.4. The minimum absolute atomic E-state index is 0.130. The number of thiophene rings is 1. The van der Waals surface area contributed by atoms with E-state index in [2.05, 4.69) is 4.98 Å². The Balaban J connectivity index is 2.01. The van der Waals surface area contributed by atoms with Crippen molar-refractivity contribution in [3.63, 3.8) is 0 Å². The van der Waals surface area contributed by atoms with Crippen LogP contribution in [0.5, 0.6) is 0 Å². The molecule has 0 saturated heterocycles. The third kappa shape index (κ3) is 2.54. The number of ketones is 1. The molecule has 5 heteroatoms. The summed E-state index contributed by atoms with van der Waals surface area (Å²) in [6, 6.07) is 1.94. The fraction of sp³-hybridized carbons (Fsp3) is 0.273. The Labute approximate surface area is 102 Å². The largest absolute Gasteiger partial charge is 0.440 e. The second-order valence-corrected chi connectivity index (χ2v) is 5.72. The molecule has 0 aliphatic rings. The van der Waals surface area contributed by atoms with Crippen molar-refractivity contribution in [2.45, 2.75) is 19.1 Å². The predicted octanol–water partition coefficient (Wildman–Crippen LogP) is 3.33. The Morgan fingerprint density at radius 1 is 1.56 bits per heavy atom. The van der Waals surface area contributed by atoms with Gasteiger partial charge in [-0.3, -0.25) is 4.79 Å². The van der Waals surface area contributed by atoms with Crippen LogP contribution >= 0.6 is 23.1 Å². The smallest absolute Gasteiger partial charge is 0.255 e. The molecule has 0 amide bonds. The highest BCUT2D eigenvalue weighted by Gasteiger charge is 2.13. The Morgan fingerprint density at radius 2 is 2.38 bits per heavy atom. The van der Waals surface area contributed by atoms with Crippen LogP contribution < -0.4 is 0 Å². The molecule has 0 radical (unpaired) electrons. The quantitative estimate of drug-likeness (QED) is 0.619. The molecule has 0 aliphatic heterocycles. The first-order valence-corrected chi connectivity index (χ1v) is 6.59. The number of oxazole rings is 1. The summed E-state index contributed by atoms with van der Waals surface area (Å²) in [6.45, 7) is 3.98. The fourth-order valence-corrected chi connectivity index (χ4v) is 3.01. The van der Waals surface area contributed by atoms with Crippen LogP contribution in [0.15, 0.2) is 28.2 Å². The van der Waals surface area contributed by atoms with Gasteiger partial charge in [0, 0.05) is 15.3 Å². The number of hydrogen-bond donors (Lipinski definition) is 0. The number of Topliss-reactive ketones (excluding diaryl/α,β-unsaturated/α-hetero) is 1. The normalized spacial score (nSPS) is 10.6. The van der Waals surface area contributed by atoms with Gasteiger partial charge in [-0.2, -0.15) is 0 Å². The molecule has 0 fully saturated rings. The zero-order valence-electron chi connectivity index (χ0n) is 9.02. The van der Waals surface area contributed by atoms with E-state index in [4.69, 9.17) is 4.42 Å². The van der Waals surface area contributed by atoms with E-state index < -0.39 is 0 Å². The molecule has 3 nitrogen and oxygen atoms in total. The number of hydrogen-bond acceptors (Lipinski definition) is 5. The number of carbonyl (C=O) groups excluding carboxylic acids is 1. The second kappa shape index (κ2) is 4.84. The number of rotatable bonds is 4. The molecule has 2 aromatic heterocycles. The first-order valence-electron chi connectivity index (χ1n) is 4.79. The van der Waals surface area contributed by atoms with Crippen molar-refractivity contribution in [2.24, 2.45) is 0 Å². The molecule has 2 heterocycles. The third-order valence-electron chi connectivity index (χ3n) is 2.08. The molecule has 2 rings (SSSR count). The maximum absolute atomic E-state index is 11.9. The fourth-order valence-electron chi connectivity index (χ4n) is 1.39. The summed E-state index contributed by atoms with van der Waals surface area (Å²) < 4.78 is 5.06. The van der Waals surface area contributed by atoms with Gasteiger partial charge in [0.1, 0.15) is 6.26 Å². The maximum atomic E-state index is 11.9. The second-order valence-electron chi connectivity index (χ2n) is 3.34. The molecule has 0 aromatic carbocycles. The average Bonchev–Trinajstić information content (AvgIpc) is 2.84. The van der Waals surface area contributed by atoms with Gasteiger partial charge < -0.3 is 4.42 Å². The Bertz CT molecular complexity index is 488. The Hall–Kier alpha value is -1.07. The van der Waals surface area contributed by atoms with Gasteiger partial charge >= 0.3 is 0 Å². The van der Waals surface area contributed by atoms with E-state index in [-0.39, 0.29) is 5.78 Å². The minimum Gasteiger partial charge on any atom is -0.440 e. The van der Waals surface area contributed by atoms with Gasteiger partial charge in [-0.1, -0.05) is 11.8 Å². The predicted molar refractivity (Wildman–Crippen MR) is 65.4 cm³/mol. The summed E-state index contributed by atoms with van der Waals surface area (Å²) in [5, 5.41) is 0.540. The van der Waals surface area contributed by atoms with Crippen molar-refractivity contribution in [3.8, 4) is 0 Å². The van der Waals surface area contributed by atoms with Crippen molar-refractivity contribution in [1.82, 2.24) is 4.98 Å².